The summed E-state index contributed by atoms with van der Waals surface area (Å²) in [7, 11) is 2.05. The first kappa shape index (κ1) is 13.6. The van der Waals surface area contributed by atoms with Gasteiger partial charge in [-0.15, -0.1) is 0 Å². The topological polar surface area (TPSA) is 21.3 Å². The molecule has 1 aliphatic rings. The van der Waals surface area contributed by atoms with E-state index < -0.39 is 0 Å². The maximum atomic E-state index is 5.79. The van der Waals surface area contributed by atoms with Gasteiger partial charge in [0.1, 0.15) is 5.76 Å². The second-order valence-electron chi connectivity index (χ2n) is 4.67. The maximum Gasteiger partial charge on any atom is 0.109 e. The standard InChI is InChI=1S/C14H27NO/c1-4-6-9-12(5-2)14(15-3)13-10-7-8-11-16-13/h10,12,14-15H,4-9,11H2,1-3H3. The zero-order valence-electron chi connectivity index (χ0n) is 11.1. The largest absolute Gasteiger partial charge is 0.497 e. The molecule has 2 atom stereocenters. The van der Waals surface area contributed by atoms with Crippen LogP contribution in [0.4, 0.5) is 0 Å². The van der Waals surface area contributed by atoms with E-state index in [-0.39, 0.29) is 0 Å². The van der Waals surface area contributed by atoms with E-state index >= 15 is 0 Å². The third-order valence-electron chi connectivity index (χ3n) is 3.50. The smallest absolute Gasteiger partial charge is 0.109 e. The first-order valence-electron chi connectivity index (χ1n) is 6.83. The minimum atomic E-state index is 0.428. The number of unbranched alkanes of at least 4 members (excludes halogenated alkanes) is 1. The average molecular weight is 225 g/mol. The molecule has 1 rings (SSSR count). The second kappa shape index (κ2) is 7.72. The molecule has 0 aliphatic carbocycles. The molecule has 0 aromatic heterocycles. The van der Waals surface area contributed by atoms with Gasteiger partial charge in [-0.25, -0.2) is 0 Å². The van der Waals surface area contributed by atoms with Gasteiger partial charge in [-0.1, -0.05) is 33.1 Å². The summed E-state index contributed by atoms with van der Waals surface area (Å²) >= 11 is 0. The van der Waals surface area contributed by atoms with Gasteiger partial charge in [0.25, 0.3) is 0 Å². The first-order chi connectivity index (χ1) is 7.83. The Morgan fingerprint density at radius 2 is 2.25 bits per heavy atom. The minimum Gasteiger partial charge on any atom is -0.497 e. The summed E-state index contributed by atoms with van der Waals surface area (Å²) in [6.07, 6.45) is 9.77. The van der Waals surface area contributed by atoms with Crippen molar-refractivity contribution in [1.82, 2.24) is 5.32 Å². The molecule has 2 unspecified atom stereocenters. The van der Waals surface area contributed by atoms with Gasteiger partial charge in [-0.2, -0.15) is 0 Å². The van der Waals surface area contributed by atoms with Crippen molar-refractivity contribution in [1.29, 1.82) is 0 Å². The van der Waals surface area contributed by atoms with Gasteiger partial charge < -0.3 is 10.1 Å². The van der Waals surface area contributed by atoms with Gasteiger partial charge in [0, 0.05) is 0 Å². The number of rotatable bonds is 7. The molecule has 0 aromatic rings. The minimum absolute atomic E-state index is 0.428. The Bertz CT molecular complexity index is 213. The van der Waals surface area contributed by atoms with Crippen molar-refractivity contribution < 1.29 is 4.74 Å². The summed E-state index contributed by atoms with van der Waals surface area (Å²) < 4.78 is 5.79. The Hall–Kier alpha value is -0.500. The fourth-order valence-corrected chi connectivity index (χ4v) is 2.48. The van der Waals surface area contributed by atoms with Crippen molar-refractivity contribution in [3.05, 3.63) is 11.8 Å². The summed E-state index contributed by atoms with van der Waals surface area (Å²) in [4.78, 5) is 0. The molecule has 16 heavy (non-hydrogen) atoms. The summed E-state index contributed by atoms with van der Waals surface area (Å²) in [6, 6.07) is 0.428. The number of hydrogen-bond acceptors (Lipinski definition) is 2. The van der Waals surface area contributed by atoms with Crippen molar-refractivity contribution in [3.63, 3.8) is 0 Å². The zero-order chi connectivity index (χ0) is 11.8. The van der Waals surface area contributed by atoms with Gasteiger partial charge >= 0.3 is 0 Å². The lowest BCUT2D eigenvalue weighted by Crippen LogP contribution is -2.37. The van der Waals surface area contributed by atoms with Crippen molar-refractivity contribution >= 4 is 0 Å². The predicted octanol–water partition coefficient (Wildman–Crippen LogP) is 3.49. The molecular formula is C14H27NO. The number of nitrogens with one attached hydrogen (secondary N) is 1. The fraction of sp³-hybridized carbons (Fsp3) is 0.857. The number of hydrogen-bond donors (Lipinski definition) is 1. The summed E-state index contributed by atoms with van der Waals surface area (Å²) in [6.45, 7) is 5.44. The van der Waals surface area contributed by atoms with Crippen LogP contribution in [0.2, 0.25) is 0 Å². The van der Waals surface area contributed by atoms with E-state index in [0.717, 1.165) is 6.61 Å². The third kappa shape index (κ3) is 3.82. The summed E-state index contributed by atoms with van der Waals surface area (Å²) in [5.74, 6) is 1.91. The van der Waals surface area contributed by atoms with Crippen LogP contribution in [0.15, 0.2) is 11.8 Å². The molecule has 0 bridgehead atoms. The monoisotopic (exact) mass is 225 g/mol. The van der Waals surface area contributed by atoms with Crippen molar-refractivity contribution in [2.75, 3.05) is 13.7 Å². The highest BCUT2D eigenvalue weighted by molar-refractivity contribution is 5.07. The molecule has 0 spiro atoms. The van der Waals surface area contributed by atoms with Gasteiger partial charge in [0.2, 0.25) is 0 Å². The molecule has 1 heterocycles. The van der Waals surface area contributed by atoms with Crippen LogP contribution in [0.5, 0.6) is 0 Å². The lowest BCUT2D eigenvalue weighted by molar-refractivity contribution is 0.149. The Kier molecular flexibility index (Phi) is 6.55. The highest BCUT2D eigenvalue weighted by Gasteiger charge is 2.24. The highest BCUT2D eigenvalue weighted by Crippen LogP contribution is 2.25. The molecule has 0 radical (unpaired) electrons. The lowest BCUT2D eigenvalue weighted by Gasteiger charge is -2.30. The van der Waals surface area contributed by atoms with Crippen LogP contribution in [0.25, 0.3) is 0 Å². The Balaban J connectivity index is 2.58. The molecule has 1 aliphatic heterocycles. The van der Waals surface area contributed by atoms with Crippen LogP contribution >= 0.6 is 0 Å². The van der Waals surface area contributed by atoms with E-state index in [1.165, 1.54) is 44.3 Å². The molecule has 0 amide bonds. The third-order valence-corrected chi connectivity index (χ3v) is 3.50. The molecule has 2 heteroatoms. The SMILES string of the molecule is CCCCC(CC)C(NC)C1=CCCCO1. The zero-order valence-corrected chi connectivity index (χ0v) is 11.1. The normalized spacial score (nSPS) is 19.8. The predicted molar refractivity (Wildman–Crippen MR) is 69.4 cm³/mol. The van der Waals surface area contributed by atoms with Crippen molar-refractivity contribution in [3.8, 4) is 0 Å². The van der Waals surface area contributed by atoms with E-state index in [0.29, 0.717) is 12.0 Å². The molecule has 1 N–H and O–H groups in total. The summed E-state index contributed by atoms with van der Waals surface area (Å²) in [5, 5.41) is 3.44. The Morgan fingerprint density at radius 3 is 2.75 bits per heavy atom. The molecule has 0 saturated carbocycles. The fourth-order valence-electron chi connectivity index (χ4n) is 2.48. The van der Waals surface area contributed by atoms with Gasteiger partial charge in [-0.3, -0.25) is 0 Å². The van der Waals surface area contributed by atoms with Crippen LogP contribution in [-0.4, -0.2) is 19.7 Å². The highest BCUT2D eigenvalue weighted by atomic mass is 16.5. The first-order valence-corrected chi connectivity index (χ1v) is 6.83. The van der Waals surface area contributed by atoms with E-state index in [2.05, 4.69) is 32.3 Å². The Morgan fingerprint density at radius 1 is 1.44 bits per heavy atom. The van der Waals surface area contributed by atoms with E-state index in [4.69, 9.17) is 4.74 Å². The molecule has 2 nitrogen and oxygen atoms in total. The number of likely N-dealkylation sites (N-methyl/N-ethyl adjacent to an activating group) is 1. The number of ether oxygens (including phenoxy) is 1. The molecular weight excluding hydrogens is 198 g/mol. The van der Waals surface area contributed by atoms with Crippen molar-refractivity contribution in [2.24, 2.45) is 5.92 Å². The van der Waals surface area contributed by atoms with Crippen LogP contribution in [0, 0.1) is 5.92 Å². The number of allylic oxidation sites excluding steroid dienone is 1. The van der Waals surface area contributed by atoms with Crippen LogP contribution < -0.4 is 5.32 Å². The van der Waals surface area contributed by atoms with Gasteiger partial charge in [-0.05, 0) is 38.3 Å². The van der Waals surface area contributed by atoms with Gasteiger partial charge in [0.05, 0.1) is 12.6 Å². The van der Waals surface area contributed by atoms with E-state index in [1.54, 1.807) is 0 Å². The Labute approximate surface area is 100 Å². The second-order valence-corrected chi connectivity index (χ2v) is 4.67. The molecule has 0 fully saturated rings. The van der Waals surface area contributed by atoms with E-state index in [1.807, 2.05) is 0 Å². The van der Waals surface area contributed by atoms with Gasteiger partial charge in [0.15, 0.2) is 0 Å². The quantitative estimate of drug-likeness (QED) is 0.716. The summed E-state index contributed by atoms with van der Waals surface area (Å²) in [5.41, 5.74) is 0. The van der Waals surface area contributed by atoms with Crippen LogP contribution in [-0.2, 0) is 4.74 Å². The van der Waals surface area contributed by atoms with Crippen LogP contribution in [0.3, 0.4) is 0 Å². The molecule has 94 valence electrons. The van der Waals surface area contributed by atoms with Crippen molar-refractivity contribution in [2.45, 2.75) is 58.4 Å². The van der Waals surface area contributed by atoms with E-state index in [9.17, 15) is 0 Å². The average Bonchev–Trinajstić information content (AvgIpc) is 2.35. The molecule has 0 aromatic carbocycles. The van der Waals surface area contributed by atoms with Crippen LogP contribution in [0.1, 0.15) is 52.4 Å². The lowest BCUT2D eigenvalue weighted by atomic mass is 9.89. The maximum absolute atomic E-state index is 5.79. The molecule has 0 saturated heterocycles.